The maximum absolute atomic E-state index is 11.5. The lowest BCUT2D eigenvalue weighted by molar-refractivity contribution is 0.306. The van der Waals surface area contributed by atoms with Gasteiger partial charge in [0.25, 0.3) is 0 Å². The Bertz CT molecular complexity index is 1710. The highest BCUT2D eigenvalue weighted by Crippen LogP contribution is 2.42. The van der Waals surface area contributed by atoms with Crippen LogP contribution in [0.5, 0.6) is 11.5 Å². The van der Waals surface area contributed by atoms with E-state index in [4.69, 9.17) is 0 Å². The minimum atomic E-state index is -0.221. The Hall–Kier alpha value is -3.92. The molecule has 0 aromatic heterocycles. The van der Waals surface area contributed by atoms with E-state index in [1.165, 1.54) is 12.0 Å². The first-order chi connectivity index (χ1) is 24.6. The van der Waals surface area contributed by atoms with E-state index in [1.54, 1.807) is 0 Å². The average molecular weight is 733 g/mol. The van der Waals surface area contributed by atoms with Gasteiger partial charge in [-0.3, -0.25) is 0 Å². The second-order valence-electron chi connectivity index (χ2n) is 21.4. The minimum absolute atomic E-state index is 0.221. The lowest BCUT2D eigenvalue weighted by Gasteiger charge is -2.32. The Morgan fingerprint density at radius 1 is 0.500 bits per heavy atom. The molecule has 1 atom stereocenters. The number of hydrogen-bond donors (Lipinski definition) is 3. The van der Waals surface area contributed by atoms with Crippen molar-refractivity contribution < 1.29 is 10.2 Å². The summed E-state index contributed by atoms with van der Waals surface area (Å²) >= 11 is 0. The van der Waals surface area contributed by atoms with Crippen molar-refractivity contribution in [2.75, 3.05) is 10.2 Å². The highest BCUT2D eigenvalue weighted by atomic mass is 16.3. The Labute approximate surface area is 329 Å². The van der Waals surface area contributed by atoms with Crippen LogP contribution in [-0.4, -0.2) is 10.2 Å². The molecule has 0 spiro atoms. The van der Waals surface area contributed by atoms with E-state index in [9.17, 15) is 10.2 Å². The number of benzene rings is 4. The topological polar surface area (TPSA) is 55.7 Å². The predicted molar refractivity (Wildman–Crippen MR) is 234 cm³/mol. The molecule has 0 bridgehead atoms. The molecule has 294 valence electrons. The van der Waals surface area contributed by atoms with E-state index in [0.29, 0.717) is 35.9 Å². The molecule has 3 N–H and O–H groups in total. The van der Waals surface area contributed by atoms with Crippen LogP contribution in [0.25, 0.3) is 0 Å². The van der Waals surface area contributed by atoms with Crippen LogP contribution in [0.15, 0.2) is 72.8 Å². The molecule has 4 rings (SSSR count). The van der Waals surface area contributed by atoms with Gasteiger partial charge in [0.15, 0.2) is 0 Å². The van der Waals surface area contributed by atoms with E-state index in [0.717, 1.165) is 56.9 Å². The highest BCUT2D eigenvalue weighted by molar-refractivity contribution is 5.64. The van der Waals surface area contributed by atoms with E-state index < -0.39 is 0 Å². The van der Waals surface area contributed by atoms with Crippen molar-refractivity contribution in [2.45, 2.75) is 158 Å². The standard InChI is InChI=1S/C50H72N2O2/c1-33(30-46(2,3)4)25-34-17-19-37(20-18-34)51-38-21-23-39(24-22-38)52(31-35-26-40(47(5,6)7)44(53)41(27-35)48(8,9)10)32-36-28-42(49(11,12)13)45(54)43(29-36)50(14,15)16/h17-24,26-29,33,51,53-54H,25,30-32H2,1-16H3. The maximum atomic E-state index is 11.5. The molecule has 4 heteroatoms. The smallest absolute Gasteiger partial charge is 0.123 e. The zero-order valence-corrected chi connectivity index (χ0v) is 36.7. The van der Waals surface area contributed by atoms with Gasteiger partial charge in [0.1, 0.15) is 11.5 Å². The molecule has 0 heterocycles. The molecule has 4 aromatic carbocycles. The van der Waals surface area contributed by atoms with Crippen molar-refractivity contribution in [1.82, 2.24) is 0 Å². The third-order valence-electron chi connectivity index (χ3n) is 10.3. The number of hydrogen-bond acceptors (Lipinski definition) is 4. The summed E-state index contributed by atoms with van der Waals surface area (Å²) in [5.74, 6) is 1.44. The van der Waals surface area contributed by atoms with E-state index in [1.807, 2.05) is 0 Å². The molecule has 0 amide bonds. The molecular weight excluding hydrogens is 661 g/mol. The quantitative estimate of drug-likeness (QED) is 0.152. The molecule has 0 saturated heterocycles. The molecule has 4 nitrogen and oxygen atoms in total. The fourth-order valence-corrected chi connectivity index (χ4v) is 7.70. The van der Waals surface area contributed by atoms with E-state index >= 15 is 0 Å². The predicted octanol–water partition coefficient (Wildman–Crippen LogP) is 13.9. The monoisotopic (exact) mass is 733 g/mol. The molecule has 0 radical (unpaired) electrons. The third-order valence-corrected chi connectivity index (χ3v) is 10.3. The summed E-state index contributed by atoms with van der Waals surface area (Å²) in [7, 11) is 0. The number of phenolic OH excluding ortho intramolecular Hbond substituents is 2. The van der Waals surface area contributed by atoms with Gasteiger partial charge in [-0.25, -0.2) is 0 Å². The van der Waals surface area contributed by atoms with Crippen LogP contribution in [0.4, 0.5) is 17.1 Å². The number of nitrogens with one attached hydrogen (secondary N) is 1. The normalized spacial score (nSPS) is 13.6. The van der Waals surface area contributed by atoms with E-state index in [2.05, 4.69) is 194 Å². The first kappa shape index (κ1) is 42.8. The van der Waals surface area contributed by atoms with E-state index in [-0.39, 0.29) is 21.7 Å². The van der Waals surface area contributed by atoms with Gasteiger partial charge >= 0.3 is 0 Å². The molecule has 4 aromatic rings. The molecular formula is C50H72N2O2. The summed E-state index contributed by atoms with van der Waals surface area (Å²) in [6, 6.07) is 26.4. The number of anilines is 3. The second-order valence-corrected chi connectivity index (χ2v) is 21.4. The number of phenols is 2. The first-order valence-electron chi connectivity index (χ1n) is 20.1. The lowest BCUT2D eigenvalue weighted by Crippen LogP contribution is -2.25. The SMILES string of the molecule is CC(Cc1ccc(Nc2ccc(N(Cc3cc(C(C)(C)C)c(O)c(C(C)(C)C)c3)Cc3cc(C(C)(C)C)c(O)c(C(C)(C)C)c3)cc2)cc1)CC(C)(C)C. The zero-order chi connectivity index (χ0) is 40.6. The fourth-order valence-electron chi connectivity index (χ4n) is 7.70. The van der Waals surface area contributed by atoms with Crippen molar-refractivity contribution >= 4 is 17.1 Å². The van der Waals surface area contributed by atoms with Gasteiger partial charge in [0.2, 0.25) is 0 Å². The van der Waals surface area contributed by atoms with Gasteiger partial charge < -0.3 is 20.4 Å². The fraction of sp³-hybridized carbons (Fsp3) is 0.520. The van der Waals surface area contributed by atoms with Gasteiger partial charge in [0, 0.05) is 30.2 Å². The third kappa shape index (κ3) is 11.3. The number of rotatable bonds is 10. The molecule has 0 aliphatic carbocycles. The van der Waals surface area contributed by atoms with Crippen LogP contribution in [0.2, 0.25) is 0 Å². The van der Waals surface area contributed by atoms with Gasteiger partial charge in [-0.1, -0.05) is 123 Å². The summed E-state index contributed by atoms with van der Waals surface area (Å²) in [5, 5.41) is 26.6. The minimum Gasteiger partial charge on any atom is -0.507 e. The van der Waals surface area contributed by atoms with Crippen molar-refractivity contribution in [3.05, 3.63) is 112 Å². The van der Waals surface area contributed by atoms with Crippen molar-refractivity contribution in [3.63, 3.8) is 0 Å². The Morgan fingerprint density at radius 2 is 0.833 bits per heavy atom. The van der Waals surface area contributed by atoms with Crippen molar-refractivity contribution in [2.24, 2.45) is 11.3 Å². The van der Waals surface area contributed by atoms with Gasteiger partial charge in [0.05, 0.1) is 0 Å². The van der Waals surface area contributed by atoms with Crippen LogP contribution in [0.1, 0.15) is 156 Å². The molecule has 1 unspecified atom stereocenters. The van der Waals surface area contributed by atoms with Crippen LogP contribution in [0.3, 0.4) is 0 Å². The summed E-state index contributed by atoms with van der Waals surface area (Å²) in [5.41, 5.74) is 10.2. The Morgan fingerprint density at radius 3 is 1.15 bits per heavy atom. The first-order valence-corrected chi connectivity index (χ1v) is 20.1. The molecule has 0 saturated carbocycles. The highest BCUT2D eigenvalue weighted by Gasteiger charge is 2.29. The van der Waals surface area contributed by atoms with Gasteiger partial charge in [-0.05, 0) is 145 Å². The number of nitrogens with zero attached hydrogens (tertiary/aromatic N) is 1. The van der Waals surface area contributed by atoms with Gasteiger partial charge in [-0.15, -0.1) is 0 Å². The Kier molecular flexibility index (Phi) is 12.4. The zero-order valence-electron chi connectivity index (χ0n) is 36.7. The summed E-state index contributed by atoms with van der Waals surface area (Å²) < 4.78 is 0. The largest absolute Gasteiger partial charge is 0.507 e. The second kappa shape index (κ2) is 15.7. The van der Waals surface area contributed by atoms with Crippen molar-refractivity contribution in [1.29, 1.82) is 0 Å². The van der Waals surface area contributed by atoms with Crippen LogP contribution in [0, 0.1) is 11.3 Å². The lowest BCUT2D eigenvalue weighted by atomic mass is 9.78. The maximum Gasteiger partial charge on any atom is 0.123 e. The summed E-state index contributed by atoms with van der Waals surface area (Å²) in [6.45, 7) is 36.6. The van der Waals surface area contributed by atoms with Crippen LogP contribution in [-0.2, 0) is 41.2 Å². The van der Waals surface area contributed by atoms with Crippen molar-refractivity contribution in [3.8, 4) is 11.5 Å². The van der Waals surface area contributed by atoms with Crippen LogP contribution < -0.4 is 10.2 Å². The Balaban J connectivity index is 1.73. The molecule has 54 heavy (non-hydrogen) atoms. The van der Waals surface area contributed by atoms with Crippen LogP contribution >= 0.6 is 0 Å². The molecule has 0 fully saturated rings. The number of aromatic hydroxyl groups is 2. The summed E-state index contributed by atoms with van der Waals surface area (Å²) in [4.78, 5) is 2.42. The molecule has 0 aliphatic rings. The molecule has 0 aliphatic heterocycles. The van der Waals surface area contributed by atoms with Gasteiger partial charge in [-0.2, -0.15) is 0 Å². The summed E-state index contributed by atoms with van der Waals surface area (Å²) in [6.07, 6.45) is 2.30. The average Bonchev–Trinajstić information content (AvgIpc) is 3.00.